The molecule has 9 rings (SSSR count). The first kappa shape index (κ1) is 58.9. The molecule has 1 unspecified atom stereocenters. The highest BCUT2D eigenvalue weighted by Gasteiger charge is 2.50. The quantitative estimate of drug-likeness (QED) is 0.0421. The second-order valence-corrected chi connectivity index (χ2v) is 21.3. The molecule has 3 aromatic carbocycles. The van der Waals surface area contributed by atoms with Crippen LogP contribution >= 0.6 is 0 Å². The number of hydrazone groups is 1. The summed E-state index contributed by atoms with van der Waals surface area (Å²) < 4.78 is 47.4. The molecule has 5 heterocycles. The van der Waals surface area contributed by atoms with Gasteiger partial charge in [0.2, 0.25) is 5.43 Å². The third-order valence-electron chi connectivity index (χ3n) is 15.9. The summed E-state index contributed by atoms with van der Waals surface area (Å²) in [6, 6.07) is -0.907. The predicted molar refractivity (Wildman–Crippen MR) is 292 cm³/mol. The van der Waals surface area contributed by atoms with Crippen LogP contribution in [0.3, 0.4) is 0 Å². The lowest BCUT2D eigenvalue weighted by atomic mass is 9.78. The van der Waals surface area contributed by atoms with Crippen molar-refractivity contribution in [3.8, 4) is 28.7 Å². The Morgan fingerprint density at radius 2 is 1.62 bits per heavy atom. The molecule has 10 atom stereocenters. The Kier molecular flexibility index (Phi) is 16.5. The number of methoxy groups -OCH3 is 2. The minimum absolute atomic E-state index is 0.00524. The molecular weight excluding hydrogens is 1060 g/mol. The van der Waals surface area contributed by atoms with E-state index in [1.165, 1.54) is 71.2 Å². The number of aromatic hydroxyl groups is 3. The molecule has 2 fully saturated rings. The smallest absolute Gasteiger partial charge is 0.341 e. The van der Waals surface area contributed by atoms with Gasteiger partial charge in [0.15, 0.2) is 23.4 Å². The van der Waals surface area contributed by atoms with Crippen LogP contribution in [0.5, 0.6) is 28.7 Å². The fourth-order valence-corrected chi connectivity index (χ4v) is 11.0. The molecule has 1 aliphatic carbocycles. The lowest BCUT2D eigenvalue weighted by Gasteiger charge is -2.39. The van der Waals surface area contributed by atoms with Crippen LogP contribution in [0.1, 0.15) is 99.2 Å². The second-order valence-electron chi connectivity index (χ2n) is 21.3. The summed E-state index contributed by atoms with van der Waals surface area (Å²) in [5.74, 6) is -14.3. The number of nitrogens with one attached hydrogen (secondary N) is 1. The third-order valence-corrected chi connectivity index (χ3v) is 15.9. The number of allylic oxidation sites excluding steroid dienone is 2. The topological polar surface area (TPSA) is 326 Å². The monoisotopic (exact) mass is 1130 g/mol. The molecule has 4 aliphatic heterocycles. The Balaban J connectivity index is 1.24. The van der Waals surface area contributed by atoms with Crippen molar-refractivity contribution in [1.29, 1.82) is 0 Å². The zero-order chi connectivity index (χ0) is 59.4. The number of carbonyl (C=O) groups excluding carboxylic acids is 3. The Labute approximate surface area is 463 Å². The first-order valence-electron chi connectivity index (χ1n) is 26.2. The number of phenols is 3. The number of ether oxygens (including phenoxy) is 5. The number of benzene rings is 3. The van der Waals surface area contributed by atoms with Gasteiger partial charge >= 0.3 is 23.7 Å². The van der Waals surface area contributed by atoms with Crippen molar-refractivity contribution in [2.24, 2.45) is 28.8 Å². The van der Waals surface area contributed by atoms with Crippen LogP contribution in [0.15, 0.2) is 58.3 Å². The maximum atomic E-state index is 16.4. The van der Waals surface area contributed by atoms with Crippen LogP contribution in [0.25, 0.3) is 21.7 Å². The number of Topliss-reactive ketones (excluding diaryl/α,β-unsaturated/α-hetero) is 1. The summed E-state index contributed by atoms with van der Waals surface area (Å²) in [6.45, 7) is 11.1. The maximum absolute atomic E-state index is 16.4. The number of aliphatic hydroxyl groups is 2. The number of aromatic nitrogens is 1. The first-order valence-corrected chi connectivity index (χ1v) is 26.2. The summed E-state index contributed by atoms with van der Waals surface area (Å²) in [7, 11) is 2.62. The Hall–Kier alpha value is -8.22. The van der Waals surface area contributed by atoms with Gasteiger partial charge in [0.1, 0.15) is 34.6 Å². The van der Waals surface area contributed by atoms with Crippen molar-refractivity contribution in [3.05, 3.63) is 86.7 Å². The van der Waals surface area contributed by atoms with E-state index in [9.17, 15) is 64.5 Å². The van der Waals surface area contributed by atoms with Gasteiger partial charge in [-0.05, 0) is 38.8 Å². The number of carboxylic acids is 2. The van der Waals surface area contributed by atoms with Gasteiger partial charge in [-0.25, -0.2) is 14.0 Å². The number of halogens is 1. The fourth-order valence-electron chi connectivity index (χ4n) is 11.0. The number of pyridine rings is 1. The van der Waals surface area contributed by atoms with Gasteiger partial charge in [0.25, 0.3) is 11.7 Å². The zero-order valence-corrected chi connectivity index (χ0v) is 46.2. The van der Waals surface area contributed by atoms with Crippen molar-refractivity contribution in [2.45, 2.75) is 111 Å². The number of amides is 1. The van der Waals surface area contributed by atoms with E-state index in [1.54, 1.807) is 38.3 Å². The summed E-state index contributed by atoms with van der Waals surface area (Å²) in [4.78, 5) is 81.4. The first-order chi connectivity index (χ1) is 38.2. The highest BCUT2D eigenvalue weighted by molar-refractivity contribution is 6.24. The van der Waals surface area contributed by atoms with E-state index >= 15 is 4.39 Å². The highest BCUT2D eigenvalue weighted by atomic mass is 19.1. The van der Waals surface area contributed by atoms with Gasteiger partial charge < -0.3 is 74.2 Å². The van der Waals surface area contributed by atoms with Crippen molar-refractivity contribution in [2.75, 3.05) is 44.1 Å². The minimum Gasteiger partial charge on any atom is -0.507 e. The van der Waals surface area contributed by atoms with Crippen LogP contribution < -0.4 is 25.1 Å². The number of hydrogen-bond donors (Lipinski definition) is 8. The van der Waals surface area contributed by atoms with Crippen molar-refractivity contribution >= 4 is 68.9 Å². The number of rotatable bonds is 9. The number of hydrogen-bond acceptors (Lipinski definition) is 19. The van der Waals surface area contributed by atoms with E-state index in [-0.39, 0.29) is 63.9 Å². The average molecular weight is 1130 g/mol. The van der Waals surface area contributed by atoms with Crippen LogP contribution in [0, 0.1) is 36.4 Å². The zero-order valence-electron chi connectivity index (χ0n) is 46.2. The van der Waals surface area contributed by atoms with Gasteiger partial charge in [-0.3, -0.25) is 24.2 Å². The number of piperazine rings is 1. The second kappa shape index (κ2) is 22.7. The number of aliphatic hydroxyl groups excluding tert-OH is 2. The molecule has 434 valence electrons. The summed E-state index contributed by atoms with van der Waals surface area (Å²) in [6.07, 6.45) is 6.12. The molecular formula is C57H66FN5O18. The van der Waals surface area contributed by atoms with Crippen molar-refractivity contribution < 1.29 is 87.8 Å². The molecule has 8 N–H and O–H groups in total. The Morgan fingerprint density at radius 1 is 0.926 bits per heavy atom. The molecule has 5 bridgehead atoms. The molecule has 1 saturated carbocycles. The van der Waals surface area contributed by atoms with E-state index in [0.29, 0.717) is 12.8 Å². The standard InChI is InChI=1S/C57H66FN5O18/c1-24-12-11-13-25(2)54(72)60-41-33(21-59-63-18-17-61(23-36(63)56(75)76)43-35(58)20-32-42(52(43)78-10)62(31-14-15-31)22-34(47(32)68)55(73)74)48(69)38-39(49(41)70)46(67)29(6)51-40(38)53(71)57(8,81-51)79-19-16-37(77-9)26(3)50(80-30(7)64)28(5)45(66)27(4)44(24)65/h11-13,16,19-22,24,26-28,31,36-37,44-45,50,65-67,69-70H,14-15,17-18,23H2,1-10H3,(H,60,72)(H,73,74)(H,75,76)/t24-,26+,27+,28+,36?,37-,44-,45+,50+,57-/m0/s1. The average Bonchev–Trinajstić information content (AvgIpc) is 2.51. The number of aromatic carboxylic acids is 1. The van der Waals surface area contributed by atoms with Crippen molar-refractivity contribution in [3.63, 3.8) is 0 Å². The van der Waals surface area contributed by atoms with Crippen LogP contribution in [0.2, 0.25) is 0 Å². The summed E-state index contributed by atoms with van der Waals surface area (Å²) >= 11 is 0. The lowest BCUT2D eigenvalue weighted by molar-refractivity contribution is -0.160. The van der Waals surface area contributed by atoms with Gasteiger partial charge in [0.05, 0.1) is 84.1 Å². The molecule has 23 nitrogen and oxygen atoms in total. The molecule has 1 aromatic heterocycles. The normalized spacial score (nSPS) is 26.7. The van der Waals surface area contributed by atoms with Crippen molar-refractivity contribution in [1.82, 2.24) is 9.58 Å². The van der Waals surface area contributed by atoms with Crippen LogP contribution in [0.4, 0.5) is 15.8 Å². The Bertz CT molecular complexity index is 3440. The molecule has 5 aliphatic rings. The number of ketones is 1. The van der Waals surface area contributed by atoms with Crippen LogP contribution in [-0.4, -0.2) is 151 Å². The number of fused-ring (bicyclic) bond motifs is 15. The molecule has 24 heteroatoms. The maximum Gasteiger partial charge on any atom is 0.341 e. The fraction of sp³-hybridized carbons (Fsp3) is 0.456. The van der Waals surface area contributed by atoms with Gasteiger partial charge in [0, 0.05) is 79.9 Å². The minimum atomic E-state index is -2.22. The largest absolute Gasteiger partial charge is 0.507 e. The number of esters is 1. The lowest BCUT2D eigenvalue weighted by Crippen LogP contribution is -2.54. The van der Waals surface area contributed by atoms with E-state index in [2.05, 4.69) is 10.4 Å². The molecule has 1 saturated heterocycles. The third kappa shape index (κ3) is 10.7. The van der Waals surface area contributed by atoms with Gasteiger partial charge in [-0.1, -0.05) is 45.9 Å². The molecule has 81 heavy (non-hydrogen) atoms. The van der Waals surface area contributed by atoms with Gasteiger partial charge in [-0.15, -0.1) is 0 Å². The van der Waals surface area contributed by atoms with Crippen LogP contribution in [-0.2, 0) is 28.6 Å². The van der Waals surface area contributed by atoms with Gasteiger partial charge in [-0.2, -0.15) is 5.10 Å². The summed E-state index contributed by atoms with van der Waals surface area (Å²) in [5, 5.41) is 87.1. The van der Waals surface area contributed by atoms with E-state index < -0.39 is 152 Å². The number of nitrogens with zero attached hydrogens (tertiary/aromatic N) is 4. The number of phenolic OH excluding ortho intramolecular Hbond substituents is 3. The number of carbonyl (C=O) groups is 5. The molecule has 4 aromatic rings. The summed E-state index contributed by atoms with van der Waals surface area (Å²) in [5.41, 5.74) is -3.07. The molecule has 1 amide bonds. The predicted octanol–water partition coefficient (Wildman–Crippen LogP) is 5.86. The molecule has 0 spiro atoms. The van der Waals surface area contributed by atoms with E-state index in [1.807, 2.05) is 0 Å². The highest BCUT2D eigenvalue weighted by Crippen LogP contribution is 2.55. The number of anilines is 2. The molecule has 0 radical (unpaired) electrons. The van der Waals surface area contributed by atoms with E-state index in [4.69, 9.17) is 23.7 Å². The Morgan fingerprint density at radius 3 is 2.23 bits per heavy atom. The SMILES string of the molecule is COc1c(N2CCN(N=Cc3c4c(O)c5c(O)c(C)c6c(c5c3O)C(=O)[C@@](C)(OC=C[C@H](OC)[C@@H](C)[C@@H](OC(C)=O)[C@H](C)[C@H](O)[C@H](C)[C@@H](O)[C@@H](C)C=CC=C(C)C(=O)N4)O6)C(C(=O)O)C2)c(F)cc2c(=O)c(C(=O)O)cn(C3CC3)c12. The van der Waals surface area contributed by atoms with E-state index in [0.717, 1.165) is 23.6 Å². The number of aliphatic carboxylic acids is 1. The number of carboxylic acid groups (broad SMARTS) is 2.